The van der Waals surface area contributed by atoms with E-state index in [9.17, 15) is 18.0 Å². The lowest BCUT2D eigenvalue weighted by molar-refractivity contribution is -0.133. The molecule has 0 atom stereocenters. The quantitative estimate of drug-likeness (QED) is 0.784. The third-order valence-electron chi connectivity index (χ3n) is 2.50. The van der Waals surface area contributed by atoms with Crippen LogP contribution in [0.25, 0.3) is 0 Å². The van der Waals surface area contributed by atoms with Crippen LogP contribution in [0.3, 0.4) is 0 Å². The summed E-state index contributed by atoms with van der Waals surface area (Å²) < 4.78 is 46.5. The van der Waals surface area contributed by atoms with Gasteiger partial charge >= 0.3 is 6.18 Å². The van der Waals surface area contributed by atoms with Gasteiger partial charge in [-0.2, -0.15) is 13.2 Å². The van der Waals surface area contributed by atoms with Crippen molar-refractivity contribution >= 4 is 5.78 Å². The van der Waals surface area contributed by atoms with Gasteiger partial charge in [-0.1, -0.05) is 0 Å². The van der Waals surface area contributed by atoms with Crippen molar-refractivity contribution in [3.8, 4) is 11.5 Å². The van der Waals surface area contributed by atoms with E-state index < -0.39 is 24.8 Å². The average Bonchev–Trinajstić information content (AvgIpc) is 2.34. The molecule has 0 fully saturated rings. The Kier molecular flexibility index (Phi) is 3.45. The van der Waals surface area contributed by atoms with Gasteiger partial charge in [-0.25, -0.2) is 0 Å². The normalized spacial score (nSPS) is 14.4. The van der Waals surface area contributed by atoms with E-state index in [2.05, 4.69) is 0 Å². The van der Waals surface area contributed by atoms with E-state index in [1.54, 1.807) is 0 Å². The van der Waals surface area contributed by atoms with Crippen LogP contribution in [0.1, 0.15) is 23.2 Å². The lowest BCUT2D eigenvalue weighted by Gasteiger charge is -2.18. The summed E-state index contributed by atoms with van der Waals surface area (Å²) in [5, 5.41) is 0. The van der Waals surface area contributed by atoms with Crippen molar-refractivity contribution in [1.82, 2.24) is 0 Å². The Bertz CT molecular complexity index is 454. The molecular formula is C12H11F3O3. The van der Waals surface area contributed by atoms with Gasteiger partial charge in [0.2, 0.25) is 0 Å². The first-order valence-corrected chi connectivity index (χ1v) is 5.45. The molecule has 18 heavy (non-hydrogen) atoms. The van der Waals surface area contributed by atoms with Crippen molar-refractivity contribution in [2.75, 3.05) is 13.2 Å². The van der Waals surface area contributed by atoms with Crippen LogP contribution in [-0.2, 0) is 0 Å². The fourth-order valence-corrected chi connectivity index (χ4v) is 1.62. The van der Waals surface area contributed by atoms with Crippen molar-refractivity contribution in [3.05, 3.63) is 23.8 Å². The summed E-state index contributed by atoms with van der Waals surface area (Å²) in [6, 6.07) is 4.41. The molecule has 0 aromatic heterocycles. The van der Waals surface area contributed by atoms with Gasteiger partial charge in [-0.15, -0.1) is 0 Å². The molecule has 0 unspecified atom stereocenters. The standard InChI is InChI=1S/C12H11F3O3/c13-12(14,15)4-3-9(16)8-1-2-10-11(7-8)18-6-5-17-10/h1-2,7H,3-6H2. The SMILES string of the molecule is O=C(CCC(F)(F)F)c1ccc2c(c1)OCCO2. The van der Waals surface area contributed by atoms with E-state index in [1.807, 2.05) is 0 Å². The predicted molar refractivity (Wildman–Crippen MR) is 57.1 cm³/mol. The lowest BCUT2D eigenvalue weighted by Crippen LogP contribution is -2.16. The largest absolute Gasteiger partial charge is 0.486 e. The number of carbonyl (C=O) groups excluding carboxylic acids is 1. The van der Waals surface area contributed by atoms with Crippen molar-refractivity contribution in [1.29, 1.82) is 0 Å². The topological polar surface area (TPSA) is 35.5 Å². The highest BCUT2D eigenvalue weighted by Gasteiger charge is 2.28. The second kappa shape index (κ2) is 4.88. The van der Waals surface area contributed by atoms with Gasteiger partial charge in [-0.3, -0.25) is 4.79 Å². The van der Waals surface area contributed by atoms with E-state index in [-0.39, 0.29) is 5.56 Å². The Balaban J connectivity index is 2.07. The van der Waals surface area contributed by atoms with Crippen LogP contribution in [0.4, 0.5) is 13.2 Å². The van der Waals surface area contributed by atoms with Crippen LogP contribution < -0.4 is 9.47 Å². The molecule has 0 bridgehead atoms. The third-order valence-corrected chi connectivity index (χ3v) is 2.50. The fraction of sp³-hybridized carbons (Fsp3) is 0.417. The zero-order chi connectivity index (χ0) is 13.2. The molecule has 0 radical (unpaired) electrons. The predicted octanol–water partition coefficient (Wildman–Crippen LogP) is 2.98. The molecule has 2 rings (SSSR count). The van der Waals surface area contributed by atoms with Gasteiger partial charge in [0.05, 0.1) is 6.42 Å². The maximum absolute atomic E-state index is 12.0. The molecule has 1 aliphatic heterocycles. The monoisotopic (exact) mass is 260 g/mol. The maximum Gasteiger partial charge on any atom is 0.389 e. The van der Waals surface area contributed by atoms with Crippen molar-refractivity contribution in [2.45, 2.75) is 19.0 Å². The Hall–Kier alpha value is -1.72. The minimum Gasteiger partial charge on any atom is -0.486 e. The van der Waals surface area contributed by atoms with Crippen LogP contribution in [0.5, 0.6) is 11.5 Å². The van der Waals surface area contributed by atoms with Gasteiger partial charge in [0.1, 0.15) is 13.2 Å². The highest BCUT2D eigenvalue weighted by molar-refractivity contribution is 5.96. The van der Waals surface area contributed by atoms with Gasteiger partial charge in [0, 0.05) is 12.0 Å². The molecule has 1 aromatic carbocycles. The van der Waals surface area contributed by atoms with Crippen LogP contribution in [0, 0.1) is 0 Å². The number of hydrogen-bond acceptors (Lipinski definition) is 3. The van der Waals surface area contributed by atoms with Gasteiger partial charge in [-0.05, 0) is 18.2 Å². The number of rotatable bonds is 3. The van der Waals surface area contributed by atoms with Gasteiger partial charge in [0.25, 0.3) is 0 Å². The van der Waals surface area contributed by atoms with E-state index >= 15 is 0 Å². The van der Waals surface area contributed by atoms with Crippen molar-refractivity contribution in [3.63, 3.8) is 0 Å². The van der Waals surface area contributed by atoms with Crippen LogP contribution in [0.2, 0.25) is 0 Å². The first-order chi connectivity index (χ1) is 8.46. The van der Waals surface area contributed by atoms with Crippen LogP contribution in [0.15, 0.2) is 18.2 Å². The minimum absolute atomic E-state index is 0.212. The maximum atomic E-state index is 12.0. The van der Waals surface area contributed by atoms with Crippen molar-refractivity contribution in [2.24, 2.45) is 0 Å². The number of Topliss-reactive ketones (excluding diaryl/α,β-unsaturated/α-hetero) is 1. The molecular weight excluding hydrogens is 249 g/mol. The zero-order valence-corrected chi connectivity index (χ0v) is 9.42. The van der Waals surface area contributed by atoms with E-state index in [1.165, 1.54) is 18.2 Å². The molecule has 0 saturated carbocycles. The molecule has 0 saturated heterocycles. The van der Waals surface area contributed by atoms with E-state index in [0.717, 1.165) is 0 Å². The number of carbonyl (C=O) groups is 1. The molecule has 0 N–H and O–H groups in total. The molecule has 0 aliphatic carbocycles. The second-order valence-electron chi connectivity index (χ2n) is 3.90. The summed E-state index contributed by atoms with van der Waals surface area (Å²) in [5.41, 5.74) is 0.212. The number of benzene rings is 1. The second-order valence-corrected chi connectivity index (χ2v) is 3.90. The molecule has 0 spiro atoms. The molecule has 1 heterocycles. The smallest absolute Gasteiger partial charge is 0.389 e. The van der Waals surface area contributed by atoms with Crippen molar-refractivity contribution < 1.29 is 27.4 Å². The molecule has 98 valence electrons. The first-order valence-electron chi connectivity index (χ1n) is 5.45. The fourth-order valence-electron chi connectivity index (χ4n) is 1.62. The highest BCUT2D eigenvalue weighted by Crippen LogP contribution is 2.31. The number of ketones is 1. The average molecular weight is 260 g/mol. The summed E-state index contributed by atoms with van der Waals surface area (Å²) >= 11 is 0. The number of alkyl halides is 3. The molecule has 1 aromatic rings. The van der Waals surface area contributed by atoms with Crippen LogP contribution in [-0.4, -0.2) is 25.2 Å². The number of hydrogen-bond donors (Lipinski definition) is 0. The molecule has 3 nitrogen and oxygen atoms in total. The third kappa shape index (κ3) is 3.15. The van der Waals surface area contributed by atoms with Crippen LogP contribution >= 0.6 is 0 Å². The molecule has 1 aliphatic rings. The van der Waals surface area contributed by atoms with Gasteiger partial charge in [0.15, 0.2) is 17.3 Å². The Morgan fingerprint density at radius 3 is 2.50 bits per heavy atom. The lowest BCUT2D eigenvalue weighted by atomic mass is 10.1. The summed E-state index contributed by atoms with van der Waals surface area (Å²) in [6.07, 6.45) is -5.98. The first kappa shape index (κ1) is 12.7. The summed E-state index contributed by atoms with van der Waals surface area (Å²) in [5.74, 6) is 0.358. The summed E-state index contributed by atoms with van der Waals surface area (Å²) in [7, 11) is 0. The Morgan fingerprint density at radius 2 is 1.83 bits per heavy atom. The number of ether oxygens (including phenoxy) is 2. The summed E-state index contributed by atoms with van der Waals surface area (Å²) in [4.78, 5) is 11.6. The van der Waals surface area contributed by atoms with E-state index in [4.69, 9.17) is 9.47 Å². The minimum atomic E-state index is -4.32. The summed E-state index contributed by atoms with van der Waals surface area (Å²) in [6.45, 7) is 0.793. The number of halogens is 3. The highest BCUT2D eigenvalue weighted by atomic mass is 19.4. The Morgan fingerprint density at radius 1 is 1.17 bits per heavy atom. The Labute approximate surface area is 102 Å². The zero-order valence-electron chi connectivity index (χ0n) is 9.42. The van der Waals surface area contributed by atoms with E-state index in [0.29, 0.717) is 24.7 Å². The van der Waals surface area contributed by atoms with Gasteiger partial charge < -0.3 is 9.47 Å². The number of fused-ring (bicyclic) bond motifs is 1. The molecule has 6 heteroatoms. The molecule has 0 amide bonds.